The number of benzene rings is 2. The van der Waals surface area contributed by atoms with E-state index in [1.165, 1.54) is 39.0 Å². The molecule has 0 amide bonds. The molecule has 0 bridgehead atoms. The van der Waals surface area contributed by atoms with Crippen molar-refractivity contribution in [1.82, 2.24) is 4.68 Å². The topological polar surface area (TPSA) is 12.7 Å². The van der Waals surface area contributed by atoms with Gasteiger partial charge in [0.1, 0.15) is 5.69 Å². The standard InChI is InChI=1S/C22H23N3/c1-16-12-21(18(3)22(13-16)25-11-7-10-23(25)4)24-15-20-9-6-5-8-19(20)14-17(24)2/h5-15H,1-4H3/q+2. The Hall–Kier alpha value is -2.94. The Labute approximate surface area is 148 Å². The zero-order valence-corrected chi connectivity index (χ0v) is 15.2. The van der Waals surface area contributed by atoms with E-state index in [0.717, 1.165) is 0 Å². The molecule has 3 nitrogen and oxygen atoms in total. The Kier molecular flexibility index (Phi) is 3.65. The average Bonchev–Trinajstić information content (AvgIpc) is 3.02. The van der Waals surface area contributed by atoms with Crippen LogP contribution in [0.25, 0.3) is 22.1 Å². The van der Waals surface area contributed by atoms with Gasteiger partial charge in [-0.3, -0.25) is 0 Å². The van der Waals surface area contributed by atoms with Gasteiger partial charge in [0.25, 0.3) is 0 Å². The largest absolute Gasteiger partial charge is 0.216 e. The third-order valence-electron chi connectivity index (χ3n) is 4.88. The molecule has 0 aliphatic rings. The first-order valence-corrected chi connectivity index (χ1v) is 8.61. The van der Waals surface area contributed by atoms with E-state index in [1.807, 2.05) is 0 Å². The fourth-order valence-corrected chi connectivity index (χ4v) is 3.54. The van der Waals surface area contributed by atoms with Gasteiger partial charge in [-0.25, -0.2) is 0 Å². The van der Waals surface area contributed by atoms with E-state index < -0.39 is 0 Å². The summed E-state index contributed by atoms with van der Waals surface area (Å²) in [5, 5.41) is 2.53. The number of hydrogen-bond donors (Lipinski definition) is 0. The van der Waals surface area contributed by atoms with Crippen molar-refractivity contribution in [3.05, 3.63) is 83.9 Å². The third-order valence-corrected chi connectivity index (χ3v) is 4.88. The van der Waals surface area contributed by atoms with Crippen LogP contribution in [0, 0.1) is 20.8 Å². The average molecular weight is 329 g/mol. The molecule has 0 radical (unpaired) electrons. The molecule has 2 aromatic carbocycles. The molecule has 4 aromatic rings. The number of fused-ring (bicyclic) bond motifs is 1. The predicted octanol–water partition coefficient (Wildman–Crippen LogP) is 3.66. The number of rotatable bonds is 2. The highest BCUT2D eigenvalue weighted by Gasteiger charge is 2.20. The van der Waals surface area contributed by atoms with E-state index in [9.17, 15) is 0 Å². The molecule has 0 unspecified atom stereocenters. The molecule has 25 heavy (non-hydrogen) atoms. The first-order chi connectivity index (χ1) is 12.0. The molecule has 4 rings (SSSR count). The maximum atomic E-state index is 2.30. The van der Waals surface area contributed by atoms with Crippen molar-refractivity contribution in [2.24, 2.45) is 7.05 Å². The number of hydrogen-bond acceptors (Lipinski definition) is 0. The molecule has 0 aliphatic heterocycles. The summed E-state index contributed by atoms with van der Waals surface area (Å²) in [7, 11) is 2.07. The molecule has 124 valence electrons. The van der Waals surface area contributed by atoms with E-state index in [1.54, 1.807) is 0 Å². The highest BCUT2D eigenvalue weighted by molar-refractivity contribution is 5.81. The molecule has 0 saturated heterocycles. The van der Waals surface area contributed by atoms with Gasteiger partial charge in [0.15, 0.2) is 25.1 Å². The molecule has 0 atom stereocenters. The summed E-state index contributed by atoms with van der Waals surface area (Å²) in [4.78, 5) is 0. The Morgan fingerprint density at radius 2 is 1.64 bits per heavy atom. The highest BCUT2D eigenvalue weighted by Crippen LogP contribution is 2.22. The second-order valence-electron chi connectivity index (χ2n) is 6.75. The SMILES string of the molecule is Cc1cc(-n2ccc[n+]2C)c(C)c(-[n+]2cc3ccccc3cc2C)c1. The zero-order valence-electron chi connectivity index (χ0n) is 15.2. The zero-order chi connectivity index (χ0) is 17.6. The van der Waals surface area contributed by atoms with Gasteiger partial charge in [-0.15, -0.1) is 9.36 Å². The third kappa shape index (κ3) is 2.62. The lowest BCUT2D eigenvalue weighted by Crippen LogP contribution is -2.39. The van der Waals surface area contributed by atoms with E-state index in [-0.39, 0.29) is 0 Å². The van der Waals surface area contributed by atoms with Crippen molar-refractivity contribution in [3.63, 3.8) is 0 Å². The Bertz CT molecular complexity index is 1090. The number of aromatic nitrogens is 3. The first kappa shape index (κ1) is 15.6. The van der Waals surface area contributed by atoms with E-state index >= 15 is 0 Å². The lowest BCUT2D eigenvalue weighted by molar-refractivity contribution is -0.744. The van der Waals surface area contributed by atoms with Crippen LogP contribution < -0.4 is 9.25 Å². The second-order valence-corrected chi connectivity index (χ2v) is 6.75. The van der Waals surface area contributed by atoms with Gasteiger partial charge in [0.2, 0.25) is 5.69 Å². The molecule has 0 aliphatic carbocycles. The van der Waals surface area contributed by atoms with Crippen LogP contribution in [0.2, 0.25) is 0 Å². The molecule has 0 spiro atoms. The van der Waals surface area contributed by atoms with E-state index in [2.05, 4.69) is 109 Å². The van der Waals surface area contributed by atoms with Crippen LogP contribution in [0.15, 0.2) is 67.1 Å². The molecule has 3 heteroatoms. The van der Waals surface area contributed by atoms with Gasteiger partial charge in [-0.2, -0.15) is 4.57 Å². The summed E-state index contributed by atoms with van der Waals surface area (Å²) < 4.78 is 6.59. The van der Waals surface area contributed by atoms with Gasteiger partial charge in [-0.1, -0.05) is 18.2 Å². The second kappa shape index (κ2) is 5.85. The molecular formula is C22H23N3+2. The summed E-state index contributed by atoms with van der Waals surface area (Å²) in [5.41, 5.74) is 6.19. The normalized spacial score (nSPS) is 11.2. The molecule has 0 fully saturated rings. The summed E-state index contributed by atoms with van der Waals surface area (Å²) in [6.45, 7) is 6.53. The van der Waals surface area contributed by atoms with Crippen molar-refractivity contribution in [2.75, 3.05) is 0 Å². The Balaban J connectivity index is 1.99. The minimum atomic E-state index is 1.21. The van der Waals surface area contributed by atoms with Gasteiger partial charge < -0.3 is 0 Å². The summed E-state index contributed by atoms with van der Waals surface area (Å²) in [5.74, 6) is 0. The van der Waals surface area contributed by atoms with Crippen LogP contribution in [0.3, 0.4) is 0 Å². The maximum absolute atomic E-state index is 2.30. The minimum absolute atomic E-state index is 1.21. The quantitative estimate of drug-likeness (QED) is 0.498. The monoisotopic (exact) mass is 329 g/mol. The molecule has 2 aromatic heterocycles. The fourth-order valence-electron chi connectivity index (χ4n) is 3.54. The van der Waals surface area contributed by atoms with Crippen molar-refractivity contribution >= 4 is 10.8 Å². The molecule has 0 saturated carbocycles. The van der Waals surface area contributed by atoms with Crippen molar-refractivity contribution < 1.29 is 9.25 Å². The van der Waals surface area contributed by atoms with Crippen molar-refractivity contribution in [1.29, 1.82) is 0 Å². The van der Waals surface area contributed by atoms with Gasteiger partial charge >= 0.3 is 0 Å². The number of pyridine rings is 1. The van der Waals surface area contributed by atoms with Crippen LogP contribution in [0.4, 0.5) is 0 Å². The van der Waals surface area contributed by atoms with Crippen LogP contribution in [0.1, 0.15) is 16.8 Å². The van der Waals surface area contributed by atoms with Crippen LogP contribution in [-0.4, -0.2) is 4.68 Å². The van der Waals surface area contributed by atoms with Crippen LogP contribution in [-0.2, 0) is 7.05 Å². The first-order valence-electron chi connectivity index (χ1n) is 8.61. The number of nitrogens with zero attached hydrogens (tertiary/aromatic N) is 3. The van der Waals surface area contributed by atoms with Crippen LogP contribution in [0.5, 0.6) is 0 Å². The predicted molar refractivity (Wildman–Crippen MR) is 100 cm³/mol. The highest BCUT2D eigenvalue weighted by atomic mass is 15.4. The maximum Gasteiger partial charge on any atom is 0.216 e. The van der Waals surface area contributed by atoms with E-state index in [4.69, 9.17) is 0 Å². The van der Waals surface area contributed by atoms with Crippen molar-refractivity contribution in [2.45, 2.75) is 20.8 Å². The van der Waals surface area contributed by atoms with Gasteiger partial charge in [0.05, 0.1) is 11.8 Å². The molecule has 0 N–H and O–H groups in total. The Morgan fingerprint density at radius 1 is 0.880 bits per heavy atom. The molecule has 2 heterocycles. The number of aryl methyl sites for hydroxylation is 3. The minimum Gasteiger partial charge on any atom is -0.164 e. The van der Waals surface area contributed by atoms with Gasteiger partial charge in [0, 0.05) is 30.5 Å². The van der Waals surface area contributed by atoms with E-state index in [0.29, 0.717) is 0 Å². The summed E-state index contributed by atoms with van der Waals surface area (Å²) in [6, 6.07) is 17.4. The summed E-state index contributed by atoms with van der Waals surface area (Å²) in [6.07, 6.45) is 6.41. The van der Waals surface area contributed by atoms with Crippen LogP contribution >= 0.6 is 0 Å². The Morgan fingerprint density at radius 3 is 2.36 bits per heavy atom. The lowest BCUT2D eigenvalue weighted by Gasteiger charge is -2.10. The molecular weight excluding hydrogens is 306 g/mol. The summed E-state index contributed by atoms with van der Waals surface area (Å²) >= 11 is 0. The van der Waals surface area contributed by atoms with Gasteiger partial charge in [-0.05, 0) is 36.9 Å². The lowest BCUT2D eigenvalue weighted by atomic mass is 10.1. The fraction of sp³-hybridized carbons (Fsp3) is 0.182. The smallest absolute Gasteiger partial charge is 0.164 e. The van der Waals surface area contributed by atoms with Crippen molar-refractivity contribution in [3.8, 4) is 11.4 Å².